The lowest BCUT2D eigenvalue weighted by Crippen LogP contribution is -2.52. The molecule has 0 bridgehead atoms. The van der Waals surface area contributed by atoms with Gasteiger partial charge in [0.25, 0.3) is 0 Å². The van der Waals surface area contributed by atoms with Crippen LogP contribution in [0, 0.1) is 13.8 Å². The van der Waals surface area contributed by atoms with Gasteiger partial charge in [0.1, 0.15) is 6.04 Å². The molecule has 3 aromatic carbocycles. The van der Waals surface area contributed by atoms with Crippen LogP contribution in [-0.2, 0) is 42.6 Å². The summed E-state index contributed by atoms with van der Waals surface area (Å²) in [6, 6.07) is 27.2. The first-order valence-corrected chi connectivity index (χ1v) is 15.6. The number of amides is 2. The predicted octanol–water partition coefficient (Wildman–Crippen LogP) is 5.73. The highest BCUT2D eigenvalue weighted by Gasteiger charge is 2.34. The number of benzene rings is 3. The first-order valence-electron chi connectivity index (χ1n) is 15.6. The second kappa shape index (κ2) is 13.7. The van der Waals surface area contributed by atoms with Crippen molar-refractivity contribution < 1.29 is 9.59 Å². The molecule has 232 valence electrons. The number of carbonyl (C=O) groups is 2. The summed E-state index contributed by atoms with van der Waals surface area (Å²) in [5.74, 6) is 0.350. The third kappa shape index (κ3) is 6.81. The van der Waals surface area contributed by atoms with Crippen molar-refractivity contribution in [2.24, 2.45) is 7.05 Å². The van der Waals surface area contributed by atoms with Gasteiger partial charge in [-0.1, -0.05) is 78.9 Å². The van der Waals surface area contributed by atoms with E-state index in [1.807, 2.05) is 103 Å². The summed E-state index contributed by atoms with van der Waals surface area (Å²) >= 11 is 0. The average Bonchev–Trinajstić information content (AvgIpc) is 3.34. The minimum Gasteiger partial charge on any atom is -0.336 e. The van der Waals surface area contributed by atoms with Gasteiger partial charge in [0.2, 0.25) is 11.8 Å². The van der Waals surface area contributed by atoms with Crippen molar-refractivity contribution in [1.82, 2.24) is 29.5 Å². The second-order valence-corrected chi connectivity index (χ2v) is 11.8. The van der Waals surface area contributed by atoms with E-state index >= 15 is 0 Å². The Balaban J connectivity index is 1.36. The van der Waals surface area contributed by atoms with Gasteiger partial charge in [-0.25, -0.2) is 9.97 Å². The van der Waals surface area contributed by atoms with Crippen molar-refractivity contribution in [2.75, 3.05) is 6.54 Å². The van der Waals surface area contributed by atoms with Crippen LogP contribution in [-0.4, -0.2) is 53.9 Å². The third-order valence-electron chi connectivity index (χ3n) is 8.75. The van der Waals surface area contributed by atoms with Crippen LogP contribution in [0.1, 0.15) is 39.2 Å². The summed E-state index contributed by atoms with van der Waals surface area (Å²) in [6.07, 6.45) is 8.03. The lowest BCUT2D eigenvalue weighted by atomic mass is 9.97. The fraction of sp³-hybridized carbons (Fsp3) is 0.237. The molecule has 46 heavy (non-hydrogen) atoms. The molecule has 0 spiro atoms. The van der Waals surface area contributed by atoms with Gasteiger partial charge < -0.3 is 9.80 Å². The van der Waals surface area contributed by atoms with Crippen LogP contribution in [0.4, 0.5) is 0 Å². The molecule has 8 heteroatoms. The minimum absolute atomic E-state index is 0.0526. The van der Waals surface area contributed by atoms with Crippen LogP contribution in [0.3, 0.4) is 0 Å². The summed E-state index contributed by atoms with van der Waals surface area (Å²) in [5.41, 5.74) is 7.93. The number of hydrogen-bond acceptors (Lipinski definition) is 5. The van der Waals surface area contributed by atoms with Crippen LogP contribution >= 0.6 is 0 Å². The molecule has 0 fully saturated rings. The Kier molecular flexibility index (Phi) is 9.15. The Bertz CT molecular complexity index is 1850. The first kappa shape index (κ1) is 30.6. The number of hydrogen-bond donors (Lipinski definition) is 0. The highest BCUT2D eigenvalue weighted by atomic mass is 16.2. The smallest absolute Gasteiger partial charge is 0.247 e. The highest BCUT2D eigenvalue weighted by molar-refractivity contribution is 5.96. The van der Waals surface area contributed by atoms with E-state index < -0.39 is 6.04 Å². The molecule has 3 heterocycles. The summed E-state index contributed by atoms with van der Waals surface area (Å²) in [4.78, 5) is 41.2. The van der Waals surface area contributed by atoms with Gasteiger partial charge in [-0.05, 0) is 54.7 Å². The average molecular weight is 611 g/mol. The standard InChI is InChI=1S/C38H38N6O2/c1-27-34(28(2)42(3)41-27)18-19-36(45)44(25-30-14-16-32(17-15-30)37-39-21-9-22-40-37)35(24-29-10-5-4-6-11-29)38(46)43-23-20-31-12-7-8-13-33(31)26-43/h4-19,21-22,35H,20,23-26H2,1-3H3/b19-18+/t35-/m0/s1. The summed E-state index contributed by atoms with van der Waals surface area (Å²) in [6.45, 7) is 5.31. The number of aromatic nitrogens is 4. The molecule has 0 saturated heterocycles. The molecular formula is C38H38N6O2. The zero-order valence-electron chi connectivity index (χ0n) is 26.5. The number of carbonyl (C=O) groups excluding carboxylic acids is 2. The van der Waals surface area contributed by atoms with Crippen molar-refractivity contribution in [3.05, 3.63) is 143 Å². The SMILES string of the molecule is Cc1nn(C)c(C)c1/C=C/C(=O)N(Cc1ccc(-c2ncccn2)cc1)[C@@H](Cc1ccccc1)C(=O)N1CCc2ccccc2C1. The number of rotatable bonds is 9. The van der Waals surface area contributed by atoms with E-state index in [1.165, 1.54) is 5.56 Å². The molecule has 2 aromatic heterocycles. The van der Waals surface area contributed by atoms with E-state index in [9.17, 15) is 9.59 Å². The van der Waals surface area contributed by atoms with Crippen LogP contribution in [0.25, 0.3) is 17.5 Å². The van der Waals surface area contributed by atoms with Crippen LogP contribution in [0.2, 0.25) is 0 Å². The van der Waals surface area contributed by atoms with E-state index in [4.69, 9.17) is 0 Å². The monoisotopic (exact) mass is 610 g/mol. The molecule has 0 N–H and O–H groups in total. The molecule has 2 amide bonds. The van der Waals surface area contributed by atoms with E-state index in [-0.39, 0.29) is 18.4 Å². The molecule has 1 aliphatic rings. The molecule has 0 radical (unpaired) electrons. The quantitative estimate of drug-likeness (QED) is 0.199. The largest absolute Gasteiger partial charge is 0.336 e. The maximum Gasteiger partial charge on any atom is 0.247 e. The van der Waals surface area contributed by atoms with Gasteiger partial charge in [0.15, 0.2) is 5.82 Å². The Morgan fingerprint density at radius 3 is 2.26 bits per heavy atom. The molecular weight excluding hydrogens is 572 g/mol. The minimum atomic E-state index is -0.710. The van der Waals surface area contributed by atoms with Crippen molar-refractivity contribution in [3.63, 3.8) is 0 Å². The van der Waals surface area contributed by atoms with E-state index in [0.717, 1.165) is 45.6 Å². The van der Waals surface area contributed by atoms with Crippen LogP contribution in [0.15, 0.2) is 103 Å². The van der Waals surface area contributed by atoms with Crippen LogP contribution in [0.5, 0.6) is 0 Å². The lowest BCUT2D eigenvalue weighted by Gasteiger charge is -2.37. The molecule has 0 saturated carbocycles. The molecule has 8 nitrogen and oxygen atoms in total. The van der Waals surface area contributed by atoms with Crippen molar-refractivity contribution in [1.29, 1.82) is 0 Å². The van der Waals surface area contributed by atoms with Gasteiger partial charge in [0.05, 0.1) is 5.69 Å². The maximum atomic E-state index is 14.6. The molecule has 0 unspecified atom stereocenters. The van der Waals surface area contributed by atoms with Gasteiger partial charge in [0, 0.05) is 68.4 Å². The summed E-state index contributed by atoms with van der Waals surface area (Å²) in [7, 11) is 1.89. The van der Waals surface area contributed by atoms with Gasteiger partial charge in [-0.15, -0.1) is 0 Å². The van der Waals surface area contributed by atoms with Gasteiger partial charge in [-0.2, -0.15) is 5.10 Å². The fourth-order valence-electron chi connectivity index (χ4n) is 6.09. The van der Waals surface area contributed by atoms with Gasteiger partial charge in [-0.3, -0.25) is 14.3 Å². The maximum absolute atomic E-state index is 14.6. The van der Waals surface area contributed by atoms with Crippen molar-refractivity contribution >= 4 is 17.9 Å². The zero-order chi connectivity index (χ0) is 32.0. The Hall–Kier alpha value is -5.37. The molecule has 1 atom stereocenters. The Morgan fingerprint density at radius 1 is 0.870 bits per heavy atom. The van der Waals surface area contributed by atoms with E-state index in [1.54, 1.807) is 29.4 Å². The lowest BCUT2D eigenvalue weighted by molar-refractivity contribution is -0.144. The number of nitrogens with zero attached hydrogens (tertiary/aromatic N) is 6. The molecule has 6 rings (SSSR count). The topological polar surface area (TPSA) is 84.2 Å². The first-order chi connectivity index (χ1) is 22.4. The Labute approximate surface area is 270 Å². The molecule has 1 aliphatic heterocycles. The third-order valence-corrected chi connectivity index (χ3v) is 8.75. The van der Waals surface area contributed by atoms with Gasteiger partial charge >= 0.3 is 0 Å². The van der Waals surface area contributed by atoms with Crippen molar-refractivity contribution in [2.45, 2.75) is 45.8 Å². The van der Waals surface area contributed by atoms with E-state index in [0.29, 0.717) is 25.3 Å². The van der Waals surface area contributed by atoms with E-state index in [2.05, 4.69) is 27.2 Å². The Morgan fingerprint density at radius 2 is 1.57 bits per heavy atom. The summed E-state index contributed by atoms with van der Waals surface area (Å²) < 4.78 is 1.81. The fourth-order valence-corrected chi connectivity index (χ4v) is 6.09. The summed E-state index contributed by atoms with van der Waals surface area (Å²) in [5, 5.41) is 4.50. The second-order valence-electron chi connectivity index (χ2n) is 11.8. The number of aryl methyl sites for hydroxylation is 2. The molecule has 0 aliphatic carbocycles. The number of fused-ring (bicyclic) bond motifs is 1. The van der Waals surface area contributed by atoms with Crippen molar-refractivity contribution in [3.8, 4) is 11.4 Å². The zero-order valence-corrected chi connectivity index (χ0v) is 26.5. The predicted molar refractivity (Wildman–Crippen MR) is 179 cm³/mol. The molecule has 5 aromatic rings. The van der Waals surface area contributed by atoms with Crippen LogP contribution < -0.4 is 0 Å². The highest BCUT2D eigenvalue weighted by Crippen LogP contribution is 2.24. The normalized spacial score (nSPS) is 13.4.